The lowest BCUT2D eigenvalue weighted by atomic mass is 10.1. The second-order valence-electron chi connectivity index (χ2n) is 5.86. The van der Waals surface area contributed by atoms with E-state index in [2.05, 4.69) is 73.5 Å². The Labute approximate surface area is 163 Å². The highest BCUT2D eigenvalue weighted by Gasteiger charge is 2.11. The monoisotopic (exact) mass is 461 g/mol. The van der Waals surface area contributed by atoms with Crippen LogP contribution in [0.1, 0.15) is 16.7 Å². The number of aromatic nitrogens is 2. The second kappa shape index (κ2) is 7.97. The molecule has 3 aromatic rings. The normalized spacial score (nSPS) is 10.7. The van der Waals surface area contributed by atoms with Crippen LogP contribution in [-0.4, -0.2) is 15.7 Å². The molecule has 0 aliphatic rings. The molecule has 3 rings (SSSR count). The number of carbonyl (C=O) groups is 1. The lowest BCUT2D eigenvalue weighted by Gasteiger charge is -2.04. The summed E-state index contributed by atoms with van der Waals surface area (Å²) in [7, 11) is 0. The van der Waals surface area contributed by atoms with Gasteiger partial charge in [0.15, 0.2) is 5.82 Å². The Morgan fingerprint density at radius 2 is 1.68 bits per heavy atom. The molecule has 0 radical (unpaired) electrons. The van der Waals surface area contributed by atoms with Crippen LogP contribution in [0.3, 0.4) is 0 Å². The van der Waals surface area contributed by atoms with Crippen LogP contribution < -0.4 is 5.32 Å². The summed E-state index contributed by atoms with van der Waals surface area (Å²) >= 11 is 6.85. The summed E-state index contributed by atoms with van der Waals surface area (Å²) in [5, 5.41) is 7.31. The third-order valence-electron chi connectivity index (χ3n) is 3.72. The Kier molecular flexibility index (Phi) is 5.71. The predicted octanol–water partition coefficient (Wildman–Crippen LogP) is 4.95. The molecule has 0 spiro atoms. The van der Waals surface area contributed by atoms with E-state index in [9.17, 15) is 4.79 Å². The lowest BCUT2D eigenvalue weighted by Crippen LogP contribution is -2.15. The minimum Gasteiger partial charge on any atom is -0.308 e. The van der Waals surface area contributed by atoms with Crippen molar-refractivity contribution in [2.75, 3.05) is 5.32 Å². The van der Waals surface area contributed by atoms with Crippen molar-refractivity contribution in [3.05, 3.63) is 80.4 Å². The number of hydrogen-bond donors (Lipinski definition) is 1. The van der Waals surface area contributed by atoms with E-state index in [0.29, 0.717) is 18.8 Å². The van der Waals surface area contributed by atoms with Gasteiger partial charge < -0.3 is 5.32 Å². The quantitative estimate of drug-likeness (QED) is 0.583. The Morgan fingerprint density at radius 3 is 2.36 bits per heavy atom. The third-order valence-corrected chi connectivity index (χ3v) is 4.83. The highest BCUT2D eigenvalue weighted by atomic mass is 79.9. The maximum absolute atomic E-state index is 12.2. The summed E-state index contributed by atoms with van der Waals surface area (Å²) in [6, 6.07) is 16.0. The molecule has 0 saturated heterocycles. The first-order valence-electron chi connectivity index (χ1n) is 7.82. The lowest BCUT2D eigenvalue weighted by molar-refractivity contribution is -0.115. The van der Waals surface area contributed by atoms with Crippen molar-refractivity contribution >= 4 is 43.6 Å². The van der Waals surface area contributed by atoms with Gasteiger partial charge in [-0.2, -0.15) is 5.10 Å². The number of amides is 1. The van der Waals surface area contributed by atoms with E-state index in [1.54, 1.807) is 0 Å². The van der Waals surface area contributed by atoms with E-state index in [0.717, 1.165) is 20.1 Å². The zero-order valence-corrected chi connectivity index (χ0v) is 16.8. The minimum atomic E-state index is -0.0939. The first kappa shape index (κ1) is 17.9. The fraction of sp³-hybridized carbons (Fsp3) is 0.158. The standard InChI is InChI=1S/C19H17Br2N3O/c1-13-2-4-15(5-3-13)11-24-12-17(21)19(23-24)22-18(25)10-14-6-8-16(20)9-7-14/h2-9,12H,10-11H2,1H3,(H,22,23,25). The molecule has 0 unspecified atom stereocenters. The van der Waals surface area contributed by atoms with E-state index in [1.807, 2.05) is 35.1 Å². The zero-order chi connectivity index (χ0) is 17.8. The Morgan fingerprint density at radius 1 is 1.04 bits per heavy atom. The number of halogens is 2. The van der Waals surface area contributed by atoms with Gasteiger partial charge in [-0.3, -0.25) is 9.48 Å². The predicted molar refractivity (Wildman–Crippen MR) is 107 cm³/mol. The summed E-state index contributed by atoms with van der Waals surface area (Å²) in [6.45, 7) is 2.72. The fourth-order valence-corrected chi connectivity index (χ4v) is 3.09. The molecular weight excluding hydrogens is 446 g/mol. The van der Waals surface area contributed by atoms with Gasteiger partial charge in [0.25, 0.3) is 0 Å². The number of anilines is 1. The van der Waals surface area contributed by atoms with Gasteiger partial charge in [0.1, 0.15) is 0 Å². The number of aryl methyl sites for hydroxylation is 1. The van der Waals surface area contributed by atoms with Crippen molar-refractivity contribution < 1.29 is 4.79 Å². The van der Waals surface area contributed by atoms with Gasteiger partial charge in [-0.1, -0.05) is 57.9 Å². The Bertz CT molecular complexity index is 871. The average Bonchev–Trinajstić information content (AvgIpc) is 2.91. The molecule has 4 nitrogen and oxygen atoms in total. The smallest absolute Gasteiger partial charge is 0.230 e. The average molecular weight is 463 g/mol. The van der Waals surface area contributed by atoms with Crippen molar-refractivity contribution in [2.24, 2.45) is 0 Å². The number of carbonyl (C=O) groups excluding carboxylic acids is 1. The number of rotatable bonds is 5. The van der Waals surface area contributed by atoms with Gasteiger partial charge in [-0.15, -0.1) is 0 Å². The van der Waals surface area contributed by atoms with E-state index >= 15 is 0 Å². The van der Waals surface area contributed by atoms with E-state index in [4.69, 9.17) is 0 Å². The number of benzene rings is 2. The molecule has 0 aliphatic heterocycles. The third kappa shape index (κ3) is 5.03. The van der Waals surface area contributed by atoms with Gasteiger partial charge >= 0.3 is 0 Å². The van der Waals surface area contributed by atoms with Crippen LogP contribution in [0.25, 0.3) is 0 Å². The summed E-state index contributed by atoms with van der Waals surface area (Å²) in [5.41, 5.74) is 3.34. The maximum Gasteiger partial charge on any atom is 0.230 e. The summed E-state index contributed by atoms with van der Waals surface area (Å²) < 4.78 is 3.57. The first-order valence-corrected chi connectivity index (χ1v) is 9.41. The van der Waals surface area contributed by atoms with Gasteiger partial charge in [-0.25, -0.2) is 0 Å². The van der Waals surface area contributed by atoms with Crippen LogP contribution in [-0.2, 0) is 17.8 Å². The molecule has 0 bridgehead atoms. The van der Waals surface area contributed by atoms with Crippen molar-refractivity contribution in [1.82, 2.24) is 9.78 Å². The van der Waals surface area contributed by atoms with Crippen LogP contribution in [0.5, 0.6) is 0 Å². The topological polar surface area (TPSA) is 46.9 Å². The molecule has 1 aromatic heterocycles. The van der Waals surface area contributed by atoms with Gasteiger partial charge in [0, 0.05) is 10.7 Å². The number of nitrogens with zero attached hydrogens (tertiary/aromatic N) is 2. The first-order chi connectivity index (χ1) is 12.0. The maximum atomic E-state index is 12.2. The van der Waals surface area contributed by atoms with E-state index in [-0.39, 0.29) is 5.91 Å². The van der Waals surface area contributed by atoms with Crippen molar-refractivity contribution in [3.63, 3.8) is 0 Å². The fourth-order valence-electron chi connectivity index (χ4n) is 2.41. The number of nitrogens with one attached hydrogen (secondary N) is 1. The highest BCUT2D eigenvalue weighted by molar-refractivity contribution is 9.10. The molecule has 2 aromatic carbocycles. The van der Waals surface area contributed by atoms with Crippen LogP contribution in [0, 0.1) is 6.92 Å². The molecule has 1 heterocycles. The van der Waals surface area contributed by atoms with Gasteiger partial charge in [0.2, 0.25) is 5.91 Å². The molecule has 0 atom stereocenters. The molecule has 0 saturated carbocycles. The van der Waals surface area contributed by atoms with E-state index < -0.39 is 0 Å². The molecule has 0 aliphatic carbocycles. The van der Waals surface area contributed by atoms with Gasteiger partial charge in [0.05, 0.1) is 17.4 Å². The van der Waals surface area contributed by atoms with Crippen molar-refractivity contribution in [1.29, 1.82) is 0 Å². The summed E-state index contributed by atoms with van der Waals surface area (Å²) in [6.07, 6.45) is 2.18. The molecule has 0 fully saturated rings. The largest absolute Gasteiger partial charge is 0.308 e. The zero-order valence-electron chi connectivity index (χ0n) is 13.7. The van der Waals surface area contributed by atoms with Crippen LogP contribution in [0.2, 0.25) is 0 Å². The molecule has 1 amide bonds. The summed E-state index contributed by atoms with van der Waals surface area (Å²) in [5.74, 6) is 0.442. The number of hydrogen-bond acceptors (Lipinski definition) is 2. The van der Waals surface area contributed by atoms with Crippen LogP contribution in [0.4, 0.5) is 5.82 Å². The van der Waals surface area contributed by atoms with Crippen LogP contribution >= 0.6 is 31.9 Å². The second-order valence-corrected chi connectivity index (χ2v) is 7.63. The SMILES string of the molecule is Cc1ccc(Cn2cc(Br)c(NC(=O)Cc3ccc(Br)cc3)n2)cc1. The molecule has 6 heteroatoms. The van der Waals surface area contributed by atoms with E-state index in [1.165, 1.54) is 5.56 Å². The minimum absolute atomic E-state index is 0.0939. The highest BCUT2D eigenvalue weighted by Crippen LogP contribution is 2.21. The Hall–Kier alpha value is -1.92. The van der Waals surface area contributed by atoms with Crippen molar-refractivity contribution in [2.45, 2.75) is 19.9 Å². The summed E-state index contributed by atoms with van der Waals surface area (Å²) in [4.78, 5) is 12.2. The van der Waals surface area contributed by atoms with Gasteiger partial charge in [-0.05, 0) is 46.1 Å². The Balaban J connectivity index is 1.64. The molecule has 25 heavy (non-hydrogen) atoms. The molecular formula is C19H17Br2N3O. The molecule has 128 valence electrons. The van der Waals surface area contributed by atoms with Crippen molar-refractivity contribution in [3.8, 4) is 0 Å². The molecule has 1 N–H and O–H groups in total. The van der Waals surface area contributed by atoms with Crippen LogP contribution in [0.15, 0.2) is 63.7 Å².